The van der Waals surface area contributed by atoms with E-state index in [1.54, 1.807) is 0 Å². The zero-order valence-electron chi connectivity index (χ0n) is 14.4. The van der Waals surface area contributed by atoms with Crippen LogP contribution in [-0.2, 0) is 4.74 Å². The average Bonchev–Trinajstić information content (AvgIpc) is 3.27. The highest BCUT2D eigenvalue weighted by atomic mass is 16.5. The van der Waals surface area contributed by atoms with Crippen molar-refractivity contribution in [2.24, 2.45) is 5.92 Å². The number of hydrogen-bond donors (Lipinski definition) is 2. The van der Waals surface area contributed by atoms with Gasteiger partial charge in [-0.1, -0.05) is 0 Å². The van der Waals surface area contributed by atoms with Gasteiger partial charge in [0.1, 0.15) is 11.9 Å². The number of aromatic nitrogens is 2. The molecule has 3 unspecified atom stereocenters. The fraction of sp³-hybridized carbons (Fsp3) is 0.632. The first-order valence-corrected chi connectivity index (χ1v) is 9.20. The minimum absolute atomic E-state index is 0.305. The first-order chi connectivity index (χ1) is 11.8. The highest BCUT2D eigenvalue weighted by molar-refractivity contribution is 5.83. The first kappa shape index (κ1) is 15.9. The summed E-state index contributed by atoms with van der Waals surface area (Å²) in [5.41, 5.74) is 2.25. The van der Waals surface area contributed by atoms with E-state index in [-0.39, 0.29) is 0 Å². The number of fused-ring (bicyclic) bond motifs is 1. The summed E-state index contributed by atoms with van der Waals surface area (Å²) in [6.07, 6.45) is 8.11. The Balaban J connectivity index is 1.35. The van der Waals surface area contributed by atoms with Crippen molar-refractivity contribution >= 4 is 10.9 Å². The molecule has 2 aliphatic rings. The molecule has 1 saturated carbocycles. The van der Waals surface area contributed by atoms with E-state index in [0.29, 0.717) is 18.1 Å². The van der Waals surface area contributed by atoms with Gasteiger partial charge in [0.05, 0.1) is 18.3 Å². The normalized spacial score (nSPS) is 27.6. The van der Waals surface area contributed by atoms with Crippen LogP contribution in [0.25, 0.3) is 10.9 Å². The van der Waals surface area contributed by atoms with Gasteiger partial charge in [0.15, 0.2) is 0 Å². The molecule has 5 nitrogen and oxygen atoms in total. The van der Waals surface area contributed by atoms with Crippen molar-refractivity contribution in [3.8, 4) is 5.75 Å². The predicted octanol–water partition coefficient (Wildman–Crippen LogP) is 3.19. The van der Waals surface area contributed by atoms with Crippen LogP contribution in [-0.4, -0.2) is 42.1 Å². The number of benzene rings is 1. The number of rotatable bonds is 5. The Bertz CT molecular complexity index is 678. The molecular formula is C19H27N3O2. The third-order valence-corrected chi connectivity index (χ3v) is 5.48. The second kappa shape index (κ2) is 7.11. The van der Waals surface area contributed by atoms with Crippen molar-refractivity contribution in [2.45, 2.75) is 51.2 Å². The van der Waals surface area contributed by atoms with E-state index in [1.807, 2.05) is 6.20 Å². The Morgan fingerprint density at radius 2 is 2.29 bits per heavy atom. The predicted molar refractivity (Wildman–Crippen MR) is 94.4 cm³/mol. The molecule has 2 heterocycles. The largest absolute Gasteiger partial charge is 0.490 e. The maximum atomic E-state index is 6.36. The van der Waals surface area contributed by atoms with Gasteiger partial charge in [-0.15, -0.1) is 0 Å². The summed E-state index contributed by atoms with van der Waals surface area (Å²) in [6, 6.07) is 4.70. The van der Waals surface area contributed by atoms with E-state index >= 15 is 0 Å². The highest BCUT2D eigenvalue weighted by Gasteiger charge is 2.25. The molecule has 4 rings (SSSR count). The van der Waals surface area contributed by atoms with Gasteiger partial charge in [-0.05, 0) is 57.1 Å². The van der Waals surface area contributed by atoms with Crippen molar-refractivity contribution in [1.82, 2.24) is 15.5 Å². The number of aromatic amines is 1. The van der Waals surface area contributed by atoms with Crippen molar-refractivity contribution in [2.75, 3.05) is 19.8 Å². The third kappa shape index (κ3) is 3.42. The van der Waals surface area contributed by atoms with Gasteiger partial charge in [0.2, 0.25) is 0 Å². The van der Waals surface area contributed by atoms with Crippen LogP contribution in [0.3, 0.4) is 0 Å². The molecule has 1 aliphatic carbocycles. The Kier molecular flexibility index (Phi) is 4.72. The molecule has 2 aromatic rings. The second-order valence-electron chi connectivity index (χ2n) is 7.26. The van der Waals surface area contributed by atoms with Crippen LogP contribution in [0.2, 0.25) is 0 Å². The summed E-state index contributed by atoms with van der Waals surface area (Å²) in [4.78, 5) is 0. The topological polar surface area (TPSA) is 59.2 Å². The molecule has 1 aromatic heterocycles. The maximum Gasteiger partial charge on any atom is 0.123 e. The molecule has 0 spiro atoms. The number of H-pyrrole nitrogens is 1. The minimum Gasteiger partial charge on any atom is -0.490 e. The Morgan fingerprint density at radius 3 is 3.17 bits per heavy atom. The highest BCUT2D eigenvalue weighted by Crippen LogP contribution is 2.30. The van der Waals surface area contributed by atoms with E-state index in [2.05, 4.69) is 34.6 Å². The van der Waals surface area contributed by atoms with Gasteiger partial charge in [0, 0.05) is 30.1 Å². The van der Waals surface area contributed by atoms with Gasteiger partial charge < -0.3 is 14.8 Å². The van der Waals surface area contributed by atoms with E-state index in [9.17, 15) is 0 Å². The second-order valence-corrected chi connectivity index (χ2v) is 7.26. The molecule has 2 N–H and O–H groups in total. The van der Waals surface area contributed by atoms with Gasteiger partial charge >= 0.3 is 0 Å². The monoisotopic (exact) mass is 329 g/mol. The number of hydrogen-bond acceptors (Lipinski definition) is 4. The SMILES string of the molecule is Cc1c(OC2CCCC(NCC3CCOC3)C2)ccc2[nH]ncc12. The van der Waals surface area contributed by atoms with E-state index in [1.165, 1.54) is 24.8 Å². The summed E-state index contributed by atoms with van der Waals surface area (Å²) < 4.78 is 11.8. The summed E-state index contributed by atoms with van der Waals surface area (Å²) in [6.45, 7) is 5.05. The molecule has 0 amide bonds. The van der Waals surface area contributed by atoms with Crippen LogP contribution < -0.4 is 10.1 Å². The summed E-state index contributed by atoms with van der Waals surface area (Å²) in [7, 11) is 0. The molecular weight excluding hydrogens is 302 g/mol. The molecule has 1 aromatic carbocycles. The number of aryl methyl sites for hydroxylation is 1. The van der Waals surface area contributed by atoms with Crippen LogP contribution in [0.5, 0.6) is 5.75 Å². The Labute approximate surface area is 143 Å². The number of ether oxygens (including phenoxy) is 2. The summed E-state index contributed by atoms with van der Waals surface area (Å²) in [5.74, 6) is 1.69. The third-order valence-electron chi connectivity index (χ3n) is 5.48. The summed E-state index contributed by atoms with van der Waals surface area (Å²) in [5, 5.41) is 12.0. The molecule has 130 valence electrons. The molecule has 24 heavy (non-hydrogen) atoms. The quantitative estimate of drug-likeness (QED) is 0.884. The van der Waals surface area contributed by atoms with Crippen molar-refractivity contribution in [3.63, 3.8) is 0 Å². The molecule has 3 atom stereocenters. The maximum absolute atomic E-state index is 6.36. The molecule has 0 bridgehead atoms. The van der Waals surface area contributed by atoms with Gasteiger partial charge in [0.25, 0.3) is 0 Å². The molecule has 5 heteroatoms. The van der Waals surface area contributed by atoms with Crippen LogP contribution in [0.4, 0.5) is 0 Å². The summed E-state index contributed by atoms with van der Waals surface area (Å²) >= 11 is 0. The molecule has 2 fully saturated rings. The fourth-order valence-electron chi connectivity index (χ4n) is 3.96. The van der Waals surface area contributed by atoms with Crippen LogP contribution in [0.15, 0.2) is 18.3 Å². The lowest BCUT2D eigenvalue weighted by Gasteiger charge is -2.31. The first-order valence-electron chi connectivity index (χ1n) is 9.20. The smallest absolute Gasteiger partial charge is 0.123 e. The van der Waals surface area contributed by atoms with Crippen LogP contribution in [0, 0.1) is 12.8 Å². The lowest BCUT2D eigenvalue weighted by atomic mass is 9.92. The molecule has 1 saturated heterocycles. The van der Waals surface area contributed by atoms with E-state index < -0.39 is 0 Å². The standard InChI is InChI=1S/C19H27N3O2/c1-13-17-11-21-22-18(17)5-6-19(13)24-16-4-2-3-15(9-16)20-10-14-7-8-23-12-14/h5-6,11,14-16,20H,2-4,7-10,12H2,1H3,(H,21,22). The molecule has 1 aliphatic heterocycles. The van der Waals surface area contributed by atoms with Crippen LogP contribution >= 0.6 is 0 Å². The average molecular weight is 329 g/mol. The van der Waals surface area contributed by atoms with Crippen molar-refractivity contribution < 1.29 is 9.47 Å². The van der Waals surface area contributed by atoms with Crippen LogP contribution in [0.1, 0.15) is 37.7 Å². The fourth-order valence-corrected chi connectivity index (χ4v) is 3.96. The lowest BCUT2D eigenvalue weighted by molar-refractivity contribution is 0.131. The van der Waals surface area contributed by atoms with Gasteiger partial charge in [-0.25, -0.2) is 0 Å². The van der Waals surface area contributed by atoms with Crippen molar-refractivity contribution in [3.05, 3.63) is 23.9 Å². The van der Waals surface area contributed by atoms with Gasteiger partial charge in [-0.3, -0.25) is 5.10 Å². The van der Waals surface area contributed by atoms with Gasteiger partial charge in [-0.2, -0.15) is 5.10 Å². The Morgan fingerprint density at radius 1 is 1.33 bits per heavy atom. The zero-order valence-corrected chi connectivity index (χ0v) is 14.4. The Hall–Kier alpha value is -1.59. The number of nitrogens with zero attached hydrogens (tertiary/aromatic N) is 1. The number of nitrogens with one attached hydrogen (secondary N) is 2. The van der Waals surface area contributed by atoms with E-state index in [0.717, 1.165) is 49.3 Å². The zero-order chi connectivity index (χ0) is 16.4. The van der Waals surface area contributed by atoms with E-state index in [4.69, 9.17) is 9.47 Å². The molecule has 0 radical (unpaired) electrons. The minimum atomic E-state index is 0.305. The lowest BCUT2D eigenvalue weighted by Crippen LogP contribution is -2.40. The van der Waals surface area contributed by atoms with Crippen molar-refractivity contribution in [1.29, 1.82) is 0 Å².